The number of aryl methyl sites for hydroxylation is 2. The number of aromatic amines is 2. The molecule has 0 unspecified atom stereocenters. The molecule has 1 saturated heterocycles. The monoisotopic (exact) mass is 287 g/mol. The highest BCUT2D eigenvalue weighted by Crippen LogP contribution is 2.26. The van der Waals surface area contributed by atoms with E-state index in [2.05, 4.69) is 26.9 Å². The molecule has 0 aromatic carbocycles. The molecule has 0 aliphatic carbocycles. The van der Waals surface area contributed by atoms with Crippen molar-refractivity contribution >= 4 is 5.91 Å². The van der Waals surface area contributed by atoms with Crippen molar-refractivity contribution in [3.8, 4) is 0 Å². The van der Waals surface area contributed by atoms with E-state index in [4.69, 9.17) is 0 Å². The molecule has 0 radical (unpaired) electrons. The molecule has 21 heavy (non-hydrogen) atoms. The molecule has 6 heteroatoms. The van der Waals surface area contributed by atoms with Gasteiger partial charge >= 0.3 is 0 Å². The Balaban J connectivity index is 1.56. The van der Waals surface area contributed by atoms with Crippen molar-refractivity contribution in [1.82, 2.24) is 24.8 Å². The Morgan fingerprint density at radius 2 is 2.14 bits per heavy atom. The Hall–Kier alpha value is -2.11. The number of rotatable bonds is 3. The SMILES string of the molecule is Cc1nc(C2CCN(C(=O)Cc3cnc[nH]3)CC2)[nH]c1C. The number of likely N-dealkylation sites (tertiary alicyclic amines) is 1. The number of imidazole rings is 2. The number of nitrogens with zero attached hydrogens (tertiary/aromatic N) is 3. The summed E-state index contributed by atoms with van der Waals surface area (Å²) in [6, 6.07) is 0. The maximum Gasteiger partial charge on any atom is 0.228 e. The minimum atomic E-state index is 0.171. The van der Waals surface area contributed by atoms with Crippen LogP contribution in [-0.4, -0.2) is 43.8 Å². The molecule has 3 rings (SSSR count). The summed E-state index contributed by atoms with van der Waals surface area (Å²) < 4.78 is 0. The first-order chi connectivity index (χ1) is 10.1. The zero-order valence-corrected chi connectivity index (χ0v) is 12.5. The average molecular weight is 287 g/mol. The first-order valence-corrected chi connectivity index (χ1v) is 7.41. The summed E-state index contributed by atoms with van der Waals surface area (Å²) in [4.78, 5) is 29.0. The number of nitrogens with one attached hydrogen (secondary N) is 2. The fourth-order valence-corrected chi connectivity index (χ4v) is 2.83. The van der Waals surface area contributed by atoms with Crippen molar-refractivity contribution in [2.45, 2.75) is 39.0 Å². The Kier molecular flexibility index (Phi) is 3.77. The third-order valence-corrected chi connectivity index (χ3v) is 4.28. The van der Waals surface area contributed by atoms with Gasteiger partial charge in [0.25, 0.3) is 0 Å². The highest BCUT2D eigenvalue weighted by molar-refractivity contribution is 5.78. The van der Waals surface area contributed by atoms with Gasteiger partial charge in [0.15, 0.2) is 0 Å². The number of carbonyl (C=O) groups excluding carboxylic acids is 1. The summed E-state index contributed by atoms with van der Waals surface area (Å²) in [5, 5.41) is 0. The summed E-state index contributed by atoms with van der Waals surface area (Å²) in [7, 11) is 0. The van der Waals surface area contributed by atoms with Crippen LogP contribution in [0.4, 0.5) is 0 Å². The Morgan fingerprint density at radius 3 is 2.71 bits per heavy atom. The molecule has 0 bridgehead atoms. The first kappa shape index (κ1) is 13.9. The minimum Gasteiger partial charge on any atom is -0.348 e. The fraction of sp³-hybridized carbons (Fsp3) is 0.533. The molecule has 3 heterocycles. The topological polar surface area (TPSA) is 77.7 Å². The van der Waals surface area contributed by atoms with Crippen LogP contribution in [-0.2, 0) is 11.2 Å². The molecule has 1 aliphatic rings. The van der Waals surface area contributed by atoms with Crippen LogP contribution in [0.3, 0.4) is 0 Å². The Morgan fingerprint density at radius 1 is 1.38 bits per heavy atom. The van der Waals surface area contributed by atoms with Gasteiger partial charge in [-0.15, -0.1) is 0 Å². The van der Waals surface area contributed by atoms with E-state index in [-0.39, 0.29) is 5.91 Å². The van der Waals surface area contributed by atoms with Crippen molar-refractivity contribution in [2.75, 3.05) is 13.1 Å². The summed E-state index contributed by atoms with van der Waals surface area (Å²) in [6.07, 6.45) is 5.67. The highest BCUT2D eigenvalue weighted by Gasteiger charge is 2.25. The first-order valence-electron chi connectivity index (χ1n) is 7.41. The molecule has 2 aromatic rings. The van der Waals surface area contributed by atoms with E-state index >= 15 is 0 Å². The van der Waals surface area contributed by atoms with Crippen LogP contribution in [0.15, 0.2) is 12.5 Å². The average Bonchev–Trinajstić information content (AvgIpc) is 3.10. The van der Waals surface area contributed by atoms with Crippen molar-refractivity contribution in [3.63, 3.8) is 0 Å². The second kappa shape index (κ2) is 5.71. The molecular weight excluding hydrogens is 266 g/mol. The summed E-state index contributed by atoms with van der Waals surface area (Å²) in [6.45, 7) is 5.68. The van der Waals surface area contributed by atoms with Crippen LogP contribution < -0.4 is 0 Å². The fourth-order valence-electron chi connectivity index (χ4n) is 2.83. The quantitative estimate of drug-likeness (QED) is 0.902. The molecule has 2 N–H and O–H groups in total. The van der Waals surface area contributed by atoms with Gasteiger partial charge in [-0.05, 0) is 26.7 Å². The van der Waals surface area contributed by atoms with Crippen molar-refractivity contribution < 1.29 is 4.79 Å². The zero-order chi connectivity index (χ0) is 14.8. The summed E-state index contributed by atoms with van der Waals surface area (Å²) in [5.74, 6) is 1.68. The smallest absolute Gasteiger partial charge is 0.228 e. The lowest BCUT2D eigenvalue weighted by Crippen LogP contribution is -2.39. The van der Waals surface area contributed by atoms with Crippen molar-refractivity contribution in [3.05, 3.63) is 35.4 Å². The number of H-pyrrole nitrogens is 2. The van der Waals surface area contributed by atoms with Gasteiger partial charge in [0.05, 0.1) is 18.4 Å². The zero-order valence-electron chi connectivity index (χ0n) is 12.5. The van der Waals surface area contributed by atoms with Gasteiger partial charge in [-0.25, -0.2) is 9.97 Å². The third kappa shape index (κ3) is 2.99. The van der Waals surface area contributed by atoms with E-state index in [0.29, 0.717) is 12.3 Å². The molecular formula is C15H21N5O. The molecule has 0 atom stereocenters. The van der Waals surface area contributed by atoms with Gasteiger partial charge in [-0.2, -0.15) is 0 Å². The van der Waals surface area contributed by atoms with Crippen LogP contribution in [0.25, 0.3) is 0 Å². The van der Waals surface area contributed by atoms with Gasteiger partial charge in [-0.3, -0.25) is 4.79 Å². The van der Waals surface area contributed by atoms with Crippen LogP contribution in [0.2, 0.25) is 0 Å². The highest BCUT2D eigenvalue weighted by atomic mass is 16.2. The number of carbonyl (C=O) groups is 1. The van der Waals surface area contributed by atoms with E-state index in [1.54, 1.807) is 12.5 Å². The predicted octanol–water partition coefficient (Wildman–Crippen LogP) is 1.70. The van der Waals surface area contributed by atoms with Crippen LogP contribution >= 0.6 is 0 Å². The summed E-state index contributed by atoms with van der Waals surface area (Å²) in [5.41, 5.74) is 3.09. The maximum atomic E-state index is 12.2. The van der Waals surface area contributed by atoms with E-state index in [9.17, 15) is 4.79 Å². The lowest BCUT2D eigenvalue weighted by atomic mass is 9.96. The standard InChI is InChI=1S/C15H21N5O/c1-10-11(2)19-15(18-10)12-3-5-20(6-4-12)14(21)7-13-8-16-9-17-13/h8-9,12H,3-7H2,1-2H3,(H,16,17)(H,18,19). The number of piperidine rings is 1. The van der Waals surface area contributed by atoms with E-state index < -0.39 is 0 Å². The van der Waals surface area contributed by atoms with E-state index in [1.165, 1.54) is 0 Å². The maximum absolute atomic E-state index is 12.2. The molecule has 1 aliphatic heterocycles. The molecule has 112 valence electrons. The molecule has 2 aromatic heterocycles. The number of amides is 1. The predicted molar refractivity (Wildman–Crippen MR) is 78.9 cm³/mol. The second-order valence-electron chi connectivity index (χ2n) is 5.74. The second-order valence-corrected chi connectivity index (χ2v) is 5.74. The van der Waals surface area contributed by atoms with Crippen molar-refractivity contribution in [1.29, 1.82) is 0 Å². The van der Waals surface area contributed by atoms with Gasteiger partial charge in [-0.1, -0.05) is 0 Å². The number of hydrogen-bond acceptors (Lipinski definition) is 3. The number of hydrogen-bond donors (Lipinski definition) is 2. The largest absolute Gasteiger partial charge is 0.348 e. The molecule has 1 fully saturated rings. The lowest BCUT2D eigenvalue weighted by Gasteiger charge is -2.31. The molecule has 1 amide bonds. The lowest BCUT2D eigenvalue weighted by molar-refractivity contribution is -0.131. The minimum absolute atomic E-state index is 0.171. The van der Waals surface area contributed by atoms with Gasteiger partial charge in [0.2, 0.25) is 5.91 Å². The molecule has 6 nitrogen and oxygen atoms in total. The normalized spacial score (nSPS) is 16.4. The molecule has 0 spiro atoms. The van der Waals surface area contributed by atoms with Crippen LogP contribution in [0, 0.1) is 13.8 Å². The van der Waals surface area contributed by atoms with E-state index in [0.717, 1.165) is 48.8 Å². The number of aromatic nitrogens is 4. The van der Waals surface area contributed by atoms with Crippen molar-refractivity contribution in [2.24, 2.45) is 0 Å². The van der Waals surface area contributed by atoms with Gasteiger partial charge in [0, 0.05) is 36.6 Å². The Labute approximate surface area is 124 Å². The van der Waals surface area contributed by atoms with Gasteiger partial charge in [0.1, 0.15) is 5.82 Å². The van der Waals surface area contributed by atoms with E-state index in [1.807, 2.05) is 11.8 Å². The van der Waals surface area contributed by atoms with Crippen LogP contribution in [0.5, 0.6) is 0 Å². The van der Waals surface area contributed by atoms with Crippen LogP contribution in [0.1, 0.15) is 41.7 Å². The third-order valence-electron chi connectivity index (χ3n) is 4.28. The summed E-state index contributed by atoms with van der Waals surface area (Å²) >= 11 is 0. The van der Waals surface area contributed by atoms with Gasteiger partial charge < -0.3 is 14.9 Å². The Bertz CT molecular complexity index is 589. The molecule has 0 saturated carbocycles.